The number of carbonyl (C=O) groups is 4. The molecule has 1 aliphatic rings. The Morgan fingerprint density at radius 3 is 2.45 bits per heavy atom. The molecule has 62 heavy (non-hydrogen) atoms. The Morgan fingerprint density at radius 2 is 1.76 bits per heavy atom. The van der Waals surface area contributed by atoms with Crippen molar-refractivity contribution in [3.8, 4) is 10.4 Å². The Labute approximate surface area is 375 Å². The fourth-order valence-electron chi connectivity index (χ4n) is 6.58. The summed E-state index contributed by atoms with van der Waals surface area (Å²) in [4.78, 5) is 64.9. The highest BCUT2D eigenvalue weighted by molar-refractivity contribution is 14.1. The minimum atomic E-state index is -1.35. The number of nitrogens with zero attached hydrogens (tertiary/aromatic N) is 2. The van der Waals surface area contributed by atoms with E-state index in [-0.39, 0.29) is 57.0 Å². The lowest BCUT2D eigenvalue weighted by Crippen LogP contribution is -2.57. The molecule has 14 nitrogen and oxygen atoms in total. The second kappa shape index (κ2) is 22.6. The minimum absolute atomic E-state index is 0.0177. The Morgan fingerprint density at radius 1 is 1.00 bits per heavy atom. The van der Waals surface area contributed by atoms with Gasteiger partial charge in [0.2, 0.25) is 17.7 Å². The SMILES string of the molecule is Cc1ncsc1-c1ccc(CNC(=O)C2CC(O)CN2C(=O)C(NC(=O)CCOCCNCCCONC(=O)c2ccc(F)c(F)c2Nc2ccc(I)cc2F)C(C)(C)C)cc1. The summed E-state index contributed by atoms with van der Waals surface area (Å²) in [5.41, 5.74) is 5.17. The van der Waals surface area contributed by atoms with Gasteiger partial charge in [0, 0.05) is 36.0 Å². The van der Waals surface area contributed by atoms with Gasteiger partial charge < -0.3 is 36.0 Å². The van der Waals surface area contributed by atoms with E-state index < -0.39 is 70.4 Å². The van der Waals surface area contributed by atoms with Crippen LogP contribution in [0.1, 0.15) is 61.6 Å². The van der Waals surface area contributed by atoms with E-state index in [2.05, 4.69) is 31.7 Å². The molecule has 0 spiro atoms. The second-order valence-corrected chi connectivity index (χ2v) is 17.8. The number of aliphatic hydroxyl groups is 1. The number of carbonyl (C=O) groups excluding carboxylic acids is 4. The van der Waals surface area contributed by atoms with Gasteiger partial charge in [-0.1, -0.05) is 45.0 Å². The van der Waals surface area contributed by atoms with E-state index in [0.29, 0.717) is 23.1 Å². The zero-order chi connectivity index (χ0) is 45.0. The van der Waals surface area contributed by atoms with Gasteiger partial charge in [0.15, 0.2) is 11.6 Å². The molecule has 6 N–H and O–H groups in total. The minimum Gasteiger partial charge on any atom is -0.391 e. The summed E-state index contributed by atoms with van der Waals surface area (Å²) in [6.45, 7) is 8.95. The molecule has 1 fully saturated rings. The Bertz CT molecular complexity index is 2190. The van der Waals surface area contributed by atoms with Crippen molar-refractivity contribution >= 4 is 68.9 Å². The van der Waals surface area contributed by atoms with Crippen molar-refractivity contribution in [2.75, 3.05) is 44.8 Å². The van der Waals surface area contributed by atoms with Crippen LogP contribution in [0.25, 0.3) is 10.4 Å². The van der Waals surface area contributed by atoms with Crippen LogP contribution in [-0.2, 0) is 30.5 Å². The molecule has 0 radical (unpaired) electrons. The maximum absolute atomic E-state index is 14.7. The number of anilines is 2. The number of amides is 4. The third kappa shape index (κ3) is 13.4. The van der Waals surface area contributed by atoms with E-state index in [0.717, 1.165) is 33.8 Å². The first-order valence-electron chi connectivity index (χ1n) is 20.0. The van der Waals surface area contributed by atoms with Gasteiger partial charge in [0.25, 0.3) is 5.91 Å². The molecule has 4 aromatic rings. The first kappa shape index (κ1) is 48.4. The molecule has 1 aromatic heterocycles. The van der Waals surface area contributed by atoms with E-state index in [1.165, 1.54) is 17.0 Å². The van der Waals surface area contributed by atoms with Gasteiger partial charge in [-0.05, 0) is 89.4 Å². The second-order valence-electron chi connectivity index (χ2n) is 15.7. The van der Waals surface area contributed by atoms with Crippen molar-refractivity contribution in [3.05, 3.63) is 98.0 Å². The molecular formula is C43H51F3IN7O7S. The molecule has 0 saturated carbocycles. The first-order valence-corrected chi connectivity index (χ1v) is 21.9. The van der Waals surface area contributed by atoms with Crippen molar-refractivity contribution < 1.29 is 47.0 Å². The number of likely N-dealkylation sites (tertiary alicyclic amines) is 1. The largest absolute Gasteiger partial charge is 0.391 e. The average molecular weight is 994 g/mol. The predicted octanol–water partition coefficient (Wildman–Crippen LogP) is 5.74. The Balaban J connectivity index is 0.981. The van der Waals surface area contributed by atoms with Gasteiger partial charge in [-0.15, -0.1) is 11.3 Å². The van der Waals surface area contributed by atoms with Gasteiger partial charge in [-0.2, -0.15) is 0 Å². The van der Waals surface area contributed by atoms with E-state index >= 15 is 0 Å². The molecule has 5 rings (SSSR count). The van der Waals surface area contributed by atoms with Gasteiger partial charge in [-0.3, -0.25) is 24.0 Å². The number of hydrogen-bond acceptors (Lipinski definition) is 11. The fraction of sp³-hybridized carbons (Fsp3) is 0.419. The number of benzene rings is 3. The van der Waals surface area contributed by atoms with Crippen LogP contribution in [-0.4, -0.2) is 96.3 Å². The average Bonchev–Trinajstić information content (AvgIpc) is 3.85. The molecule has 3 atom stereocenters. The lowest BCUT2D eigenvalue weighted by Gasteiger charge is -2.35. The lowest BCUT2D eigenvalue weighted by molar-refractivity contribution is -0.144. The van der Waals surface area contributed by atoms with Gasteiger partial charge in [0.05, 0.1) is 58.9 Å². The normalized spacial score (nSPS) is 15.6. The lowest BCUT2D eigenvalue weighted by atomic mass is 9.85. The monoisotopic (exact) mass is 993 g/mol. The molecule has 0 aliphatic carbocycles. The zero-order valence-corrected chi connectivity index (χ0v) is 37.8. The third-order valence-electron chi connectivity index (χ3n) is 9.90. The molecule has 2 heterocycles. The highest BCUT2D eigenvalue weighted by atomic mass is 127. The van der Waals surface area contributed by atoms with Crippen molar-refractivity contribution in [1.82, 2.24) is 31.3 Å². The summed E-state index contributed by atoms with van der Waals surface area (Å²) in [6, 6.07) is 11.9. The van der Waals surface area contributed by atoms with Gasteiger partial charge in [-0.25, -0.2) is 23.6 Å². The highest BCUT2D eigenvalue weighted by Crippen LogP contribution is 2.30. The topological polar surface area (TPSA) is 183 Å². The number of rotatable bonds is 20. The summed E-state index contributed by atoms with van der Waals surface area (Å²) in [6.07, 6.45) is -0.371. The summed E-state index contributed by atoms with van der Waals surface area (Å²) >= 11 is 3.46. The first-order chi connectivity index (χ1) is 29.5. The molecular weight excluding hydrogens is 942 g/mol. The van der Waals surface area contributed by atoms with Crippen LogP contribution in [0.3, 0.4) is 0 Å². The van der Waals surface area contributed by atoms with Crippen LogP contribution in [0.4, 0.5) is 24.5 Å². The van der Waals surface area contributed by atoms with Crippen molar-refractivity contribution in [3.63, 3.8) is 0 Å². The Kier molecular flexibility index (Phi) is 17.6. The maximum Gasteiger partial charge on any atom is 0.277 e. The molecule has 4 amide bonds. The van der Waals surface area contributed by atoms with Crippen LogP contribution < -0.4 is 26.7 Å². The molecule has 334 valence electrons. The number of thiazole rings is 1. The standard InChI is InChI=1S/C43H51F3IN7O7S/c1-25-38(62-24-50-25)27-8-6-26(7-9-27)22-49-41(58)34-21-29(55)23-54(34)42(59)39(43(2,3)4)52-35(56)14-18-60-19-16-48-15-5-17-61-53-40(57)30-11-12-31(44)36(46)37(30)51-33-13-10-28(47)20-32(33)45/h6-13,20,24,29,34,39,48,51,55H,5,14-19,21-23H2,1-4H3,(H,49,58)(H,52,56)(H,53,57). The molecule has 3 unspecified atom stereocenters. The van der Waals surface area contributed by atoms with E-state index in [1.807, 2.05) is 74.6 Å². The van der Waals surface area contributed by atoms with E-state index in [9.17, 15) is 37.5 Å². The summed E-state index contributed by atoms with van der Waals surface area (Å²) < 4.78 is 49.2. The number of aromatic nitrogens is 1. The smallest absolute Gasteiger partial charge is 0.277 e. The number of aryl methyl sites for hydroxylation is 1. The third-order valence-corrected chi connectivity index (χ3v) is 11.6. The van der Waals surface area contributed by atoms with Crippen molar-refractivity contribution in [1.29, 1.82) is 0 Å². The fourth-order valence-corrected chi connectivity index (χ4v) is 7.84. The van der Waals surface area contributed by atoms with E-state index in [1.54, 1.807) is 22.9 Å². The number of aliphatic hydroxyl groups excluding tert-OH is 1. The zero-order valence-electron chi connectivity index (χ0n) is 34.8. The van der Waals surface area contributed by atoms with Crippen LogP contribution in [0, 0.1) is 33.4 Å². The number of hydrogen-bond donors (Lipinski definition) is 6. The molecule has 19 heteroatoms. The molecule has 1 saturated heterocycles. The molecule has 1 aliphatic heterocycles. The van der Waals surface area contributed by atoms with Gasteiger partial charge in [0.1, 0.15) is 17.9 Å². The number of halogens is 4. The van der Waals surface area contributed by atoms with Crippen molar-refractivity contribution in [2.45, 2.75) is 71.7 Å². The molecule has 3 aromatic carbocycles. The number of ether oxygens (including phenoxy) is 1. The predicted molar refractivity (Wildman–Crippen MR) is 237 cm³/mol. The van der Waals surface area contributed by atoms with Crippen molar-refractivity contribution in [2.24, 2.45) is 5.41 Å². The van der Waals surface area contributed by atoms with E-state index in [4.69, 9.17) is 9.57 Å². The molecule has 0 bridgehead atoms. The Hall–Kier alpha value is -4.67. The quantitative estimate of drug-likeness (QED) is 0.0363. The van der Waals surface area contributed by atoms with Crippen LogP contribution in [0.15, 0.2) is 60.1 Å². The van der Waals surface area contributed by atoms with Crippen LogP contribution in [0.2, 0.25) is 0 Å². The number of β-amino-alcohol motifs (C(OH)–C–C–N with tert-alkyl or cyclic N) is 1. The van der Waals surface area contributed by atoms with Gasteiger partial charge >= 0.3 is 0 Å². The van der Waals surface area contributed by atoms with Crippen LogP contribution >= 0.6 is 33.9 Å². The summed E-state index contributed by atoms with van der Waals surface area (Å²) in [5, 5.41) is 21.8. The number of hydroxylamine groups is 1. The van der Waals surface area contributed by atoms with Crippen LogP contribution in [0.5, 0.6) is 0 Å². The summed E-state index contributed by atoms with van der Waals surface area (Å²) in [7, 11) is 0. The number of nitrogens with one attached hydrogen (secondary N) is 5. The highest BCUT2D eigenvalue weighted by Gasteiger charge is 2.44. The maximum atomic E-state index is 14.7. The summed E-state index contributed by atoms with van der Waals surface area (Å²) in [5.74, 6) is -5.39.